The summed E-state index contributed by atoms with van der Waals surface area (Å²) < 4.78 is 0. The molecule has 0 unspecified atom stereocenters. The number of hydrazine groups is 1. The number of non-ortho nitro benzene ring substituents is 1. The molecular weight excluding hydrogens is 336 g/mol. The van der Waals surface area contributed by atoms with Gasteiger partial charge in [-0.2, -0.15) is 0 Å². The molecule has 8 nitrogen and oxygen atoms in total. The van der Waals surface area contributed by atoms with Crippen LogP contribution in [0.4, 0.5) is 5.69 Å². The Hall–Kier alpha value is -3.10. The first-order valence-electron chi connectivity index (χ1n) is 8.20. The Morgan fingerprint density at radius 1 is 1.00 bits per heavy atom. The lowest BCUT2D eigenvalue weighted by molar-refractivity contribution is -0.384. The van der Waals surface area contributed by atoms with E-state index in [4.69, 9.17) is 0 Å². The van der Waals surface area contributed by atoms with Crippen molar-refractivity contribution >= 4 is 17.5 Å². The third kappa shape index (κ3) is 2.75. The number of hydrogen-bond donors (Lipinski definition) is 2. The van der Waals surface area contributed by atoms with Crippen LogP contribution in [0, 0.1) is 16.0 Å². The molecule has 2 fully saturated rings. The van der Waals surface area contributed by atoms with Gasteiger partial charge in [0.15, 0.2) is 0 Å². The summed E-state index contributed by atoms with van der Waals surface area (Å²) in [6.45, 7) is 0.464. The zero-order chi connectivity index (χ0) is 18.3. The van der Waals surface area contributed by atoms with Gasteiger partial charge in [-0.05, 0) is 11.1 Å². The lowest BCUT2D eigenvalue weighted by atomic mass is 9.91. The summed E-state index contributed by atoms with van der Waals surface area (Å²) in [5.41, 5.74) is 4.97. The van der Waals surface area contributed by atoms with Crippen LogP contribution in [0.5, 0.6) is 0 Å². The molecule has 2 aliphatic rings. The van der Waals surface area contributed by atoms with Crippen molar-refractivity contribution in [2.75, 3.05) is 0 Å². The average Bonchev–Trinajstić information content (AvgIpc) is 3.15. The molecule has 2 heterocycles. The van der Waals surface area contributed by atoms with Gasteiger partial charge in [0.25, 0.3) is 5.69 Å². The highest BCUT2D eigenvalue weighted by molar-refractivity contribution is 6.07. The van der Waals surface area contributed by atoms with E-state index in [1.165, 1.54) is 12.1 Å². The van der Waals surface area contributed by atoms with E-state index in [1.54, 1.807) is 17.1 Å². The number of amides is 2. The van der Waals surface area contributed by atoms with E-state index >= 15 is 0 Å². The maximum absolute atomic E-state index is 12.3. The predicted octanol–water partition coefficient (Wildman–Crippen LogP) is 1.30. The summed E-state index contributed by atoms with van der Waals surface area (Å²) in [7, 11) is 0. The molecule has 0 spiro atoms. The number of rotatable bonds is 4. The molecule has 3 atom stereocenters. The Morgan fingerprint density at radius 2 is 1.69 bits per heavy atom. The lowest BCUT2D eigenvalue weighted by Gasteiger charge is -2.22. The summed E-state index contributed by atoms with van der Waals surface area (Å²) >= 11 is 0. The zero-order valence-electron chi connectivity index (χ0n) is 13.7. The van der Waals surface area contributed by atoms with Gasteiger partial charge in [0.05, 0.1) is 16.9 Å². The Kier molecular flexibility index (Phi) is 3.98. The normalized spacial score (nSPS) is 25.2. The second-order valence-electron chi connectivity index (χ2n) is 6.39. The number of fused-ring (bicyclic) bond motifs is 1. The number of nitro groups is 1. The molecule has 0 radical (unpaired) electrons. The molecule has 0 aromatic heterocycles. The van der Waals surface area contributed by atoms with Crippen LogP contribution < -0.4 is 10.7 Å². The van der Waals surface area contributed by atoms with E-state index < -0.39 is 22.9 Å². The van der Waals surface area contributed by atoms with Crippen molar-refractivity contribution in [3.05, 3.63) is 75.8 Å². The highest BCUT2D eigenvalue weighted by Gasteiger charge is 2.54. The molecule has 2 amide bonds. The number of imide groups is 1. The monoisotopic (exact) mass is 352 g/mol. The van der Waals surface area contributed by atoms with Crippen molar-refractivity contribution in [1.29, 1.82) is 0 Å². The Balaban J connectivity index is 1.64. The molecular formula is C18H16N4O4. The minimum Gasteiger partial charge on any atom is -0.295 e. The van der Waals surface area contributed by atoms with E-state index in [-0.39, 0.29) is 17.5 Å². The van der Waals surface area contributed by atoms with E-state index in [0.29, 0.717) is 6.54 Å². The van der Waals surface area contributed by atoms with Crippen molar-refractivity contribution in [3.63, 3.8) is 0 Å². The van der Waals surface area contributed by atoms with Gasteiger partial charge in [0.1, 0.15) is 6.04 Å². The van der Waals surface area contributed by atoms with Gasteiger partial charge >= 0.3 is 0 Å². The largest absolute Gasteiger partial charge is 0.295 e. The topological polar surface area (TPSA) is 105 Å². The molecule has 26 heavy (non-hydrogen) atoms. The van der Waals surface area contributed by atoms with Gasteiger partial charge in [-0.1, -0.05) is 42.5 Å². The average molecular weight is 352 g/mol. The maximum atomic E-state index is 12.3. The highest BCUT2D eigenvalue weighted by Crippen LogP contribution is 2.37. The molecule has 8 heteroatoms. The van der Waals surface area contributed by atoms with Crippen LogP contribution in [-0.4, -0.2) is 27.8 Å². The molecule has 2 saturated heterocycles. The van der Waals surface area contributed by atoms with Gasteiger partial charge in [0.2, 0.25) is 11.8 Å². The first-order chi connectivity index (χ1) is 12.5. The SMILES string of the molecule is O=C1NC(=O)[C@H]2[C@H]1[C@@H](c1ccc([N+](=O)[O-])cc1)NN2Cc1ccccc1. The smallest absolute Gasteiger partial charge is 0.269 e. The number of carbonyl (C=O) groups is 2. The lowest BCUT2D eigenvalue weighted by Crippen LogP contribution is -2.43. The highest BCUT2D eigenvalue weighted by atomic mass is 16.6. The fraction of sp³-hybridized carbons (Fsp3) is 0.222. The van der Waals surface area contributed by atoms with E-state index in [1.807, 2.05) is 30.3 Å². The van der Waals surface area contributed by atoms with Crippen LogP contribution in [0.2, 0.25) is 0 Å². The standard InChI is InChI=1S/C18H16N4O4/c23-17-14-15(12-6-8-13(9-7-12)22(25)26)20-21(16(14)18(24)19-17)10-11-4-2-1-3-5-11/h1-9,14-16,20H,10H2,(H,19,23,24)/t14-,15-,16-/m1/s1. The molecule has 2 N–H and O–H groups in total. The van der Waals surface area contributed by atoms with Crippen molar-refractivity contribution in [2.24, 2.45) is 5.92 Å². The molecule has 2 aromatic rings. The van der Waals surface area contributed by atoms with Crippen LogP contribution in [-0.2, 0) is 16.1 Å². The van der Waals surface area contributed by atoms with Crippen molar-refractivity contribution in [3.8, 4) is 0 Å². The minimum absolute atomic E-state index is 0.0172. The van der Waals surface area contributed by atoms with Gasteiger partial charge in [0, 0.05) is 18.7 Å². The van der Waals surface area contributed by atoms with Crippen LogP contribution in [0.1, 0.15) is 17.2 Å². The van der Waals surface area contributed by atoms with Gasteiger partial charge in [-0.25, -0.2) is 10.4 Å². The fourth-order valence-corrected chi connectivity index (χ4v) is 3.60. The molecule has 2 aliphatic heterocycles. The van der Waals surface area contributed by atoms with Crippen LogP contribution in [0.3, 0.4) is 0 Å². The van der Waals surface area contributed by atoms with Gasteiger partial charge in [-0.15, -0.1) is 0 Å². The number of nitro benzene ring substituents is 1. The van der Waals surface area contributed by atoms with E-state index in [0.717, 1.165) is 11.1 Å². The zero-order valence-corrected chi connectivity index (χ0v) is 13.7. The quantitative estimate of drug-likeness (QED) is 0.488. The Morgan fingerprint density at radius 3 is 2.35 bits per heavy atom. The summed E-state index contributed by atoms with van der Waals surface area (Å²) in [6, 6.07) is 14.7. The number of benzene rings is 2. The molecule has 2 aromatic carbocycles. The van der Waals surface area contributed by atoms with Gasteiger partial charge in [-0.3, -0.25) is 25.0 Å². The summed E-state index contributed by atoms with van der Waals surface area (Å²) in [6.07, 6.45) is 0. The minimum atomic E-state index is -0.608. The Bertz CT molecular complexity index is 869. The molecule has 0 saturated carbocycles. The summed E-state index contributed by atoms with van der Waals surface area (Å²) in [4.78, 5) is 35.0. The van der Waals surface area contributed by atoms with E-state index in [9.17, 15) is 19.7 Å². The van der Waals surface area contributed by atoms with Gasteiger partial charge < -0.3 is 0 Å². The van der Waals surface area contributed by atoms with Crippen LogP contribution in [0.25, 0.3) is 0 Å². The Labute approximate surface area is 148 Å². The molecule has 4 rings (SSSR count). The first-order valence-corrected chi connectivity index (χ1v) is 8.20. The van der Waals surface area contributed by atoms with Crippen LogP contribution >= 0.6 is 0 Å². The second kappa shape index (κ2) is 6.32. The second-order valence-corrected chi connectivity index (χ2v) is 6.39. The summed E-state index contributed by atoms with van der Waals surface area (Å²) in [5, 5.41) is 15.0. The van der Waals surface area contributed by atoms with Crippen molar-refractivity contribution < 1.29 is 14.5 Å². The third-order valence-electron chi connectivity index (χ3n) is 4.82. The molecule has 132 valence electrons. The van der Waals surface area contributed by atoms with Crippen LogP contribution in [0.15, 0.2) is 54.6 Å². The van der Waals surface area contributed by atoms with E-state index in [2.05, 4.69) is 10.7 Å². The van der Waals surface area contributed by atoms with Crippen molar-refractivity contribution in [2.45, 2.75) is 18.6 Å². The number of nitrogens with zero attached hydrogens (tertiary/aromatic N) is 2. The van der Waals surface area contributed by atoms with Crippen molar-refractivity contribution in [1.82, 2.24) is 15.8 Å². The predicted molar refractivity (Wildman–Crippen MR) is 91.4 cm³/mol. The number of nitrogens with one attached hydrogen (secondary N) is 2. The number of hydrogen-bond acceptors (Lipinski definition) is 6. The first kappa shape index (κ1) is 16.4. The number of carbonyl (C=O) groups excluding carboxylic acids is 2. The molecule has 0 aliphatic carbocycles. The summed E-state index contributed by atoms with van der Waals surface area (Å²) in [5.74, 6) is -1.23. The third-order valence-corrected chi connectivity index (χ3v) is 4.82. The maximum Gasteiger partial charge on any atom is 0.269 e. The fourth-order valence-electron chi connectivity index (χ4n) is 3.60. The molecule has 0 bridgehead atoms.